The van der Waals surface area contributed by atoms with Gasteiger partial charge in [0.25, 0.3) is 0 Å². The molecule has 86 valence electrons. The van der Waals surface area contributed by atoms with Gasteiger partial charge in [0.05, 0.1) is 0 Å². The Bertz CT molecular complexity index is 337. The number of ketones is 1. The van der Waals surface area contributed by atoms with Gasteiger partial charge in [-0.05, 0) is 43.6 Å². The van der Waals surface area contributed by atoms with Crippen molar-refractivity contribution in [3.05, 3.63) is 37.0 Å². The molecule has 1 heteroatoms. The standard InChI is InChI=1S/C15H20O/c1-2-3-8-14(16)13-7-6-11-15(12-13)9-4-5-10-15/h2-4,8-9,13H,1,5-7,10-12H2. The third-order valence-corrected chi connectivity index (χ3v) is 3.96. The molecule has 1 saturated carbocycles. The van der Waals surface area contributed by atoms with Gasteiger partial charge < -0.3 is 0 Å². The van der Waals surface area contributed by atoms with Crippen molar-refractivity contribution in [1.82, 2.24) is 0 Å². The van der Waals surface area contributed by atoms with Gasteiger partial charge in [0, 0.05) is 5.92 Å². The van der Waals surface area contributed by atoms with Gasteiger partial charge in [-0.3, -0.25) is 4.79 Å². The number of carbonyl (C=O) groups is 1. The van der Waals surface area contributed by atoms with E-state index >= 15 is 0 Å². The molecule has 0 amide bonds. The summed E-state index contributed by atoms with van der Waals surface area (Å²) in [6.45, 7) is 3.60. The first-order valence-electron chi connectivity index (χ1n) is 6.26. The van der Waals surface area contributed by atoms with Gasteiger partial charge >= 0.3 is 0 Å². The van der Waals surface area contributed by atoms with Crippen LogP contribution in [-0.4, -0.2) is 5.78 Å². The Morgan fingerprint density at radius 2 is 2.31 bits per heavy atom. The topological polar surface area (TPSA) is 17.1 Å². The smallest absolute Gasteiger partial charge is 0.158 e. The van der Waals surface area contributed by atoms with E-state index in [0.29, 0.717) is 11.2 Å². The average molecular weight is 216 g/mol. The second kappa shape index (κ2) is 4.82. The van der Waals surface area contributed by atoms with Crippen LogP contribution in [0.4, 0.5) is 0 Å². The van der Waals surface area contributed by atoms with Crippen LogP contribution in [0.15, 0.2) is 37.0 Å². The monoisotopic (exact) mass is 216 g/mol. The molecule has 1 spiro atoms. The van der Waals surface area contributed by atoms with Crippen LogP contribution in [0.25, 0.3) is 0 Å². The van der Waals surface area contributed by atoms with Crippen molar-refractivity contribution in [3.8, 4) is 0 Å². The van der Waals surface area contributed by atoms with Gasteiger partial charge in [0.2, 0.25) is 0 Å². The van der Waals surface area contributed by atoms with E-state index in [1.165, 1.54) is 25.7 Å². The van der Waals surface area contributed by atoms with Crippen LogP contribution in [0.3, 0.4) is 0 Å². The lowest BCUT2D eigenvalue weighted by molar-refractivity contribution is -0.120. The van der Waals surface area contributed by atoms with E-state index in [0.717, 1.165) is 12.8 Å². The Kier molecular flexibility index (Phi) is 3.42. The molecule has 0 aliphatic heterocycles. The summed E-state index contributed by atoms with van der Waals surface area (Å²) in [4.78, 5) is 11.9. The van der Waals surface area contributed by atoms with Gasteiger partial charge in [-0.15, -0.1) is 0 Å². The minimum atomic E-state index is 0.243. The van der Waals surface area contributed by atoms with Crippen molar-refractivity contribution in [2.24, 2.45) is 11.3 Å². The minimum Gasteiger partial charge on any atom is -0.295 e. The molecule has 16 heavy (non-hydrogen) atoms. The van der Waals surface area contributed by atoms with E-state index in [-0.39, 0.29) is 5.92 Å². The number of carbonyl (C=O) groups excluding carboxylic acids is 1. The van der Waals surface area contributed by atoms with Crippen molar-refractivity contribution >= 4 is 5.78 Å². The molecule has 0 radical (unpaired) electrons. The molecular formula is C15H20O. The molecule has 0 aromatic rings. The van der Waals surface area contributed by atoms with Crippen LogP contribution in [0.2, 0.25) is 0 Å². The van der Waals surface area contributed by atoms with Crippen LogP contribution in [0.5, 0.6) is 0 Å². The van der Waals surface area contributed by atoms with Crippen LogP contribution in [-0.2, 0) is 4.79 Å². The fourth-order valence-electron chi connectivity index (χ4n) is 3.10. The predicted octanol–water partition coefficient (Wildman–Crippen LogP) is 3.82. The van der Waals surface area contributed by atoms with E-state index < -0.39 is 0 Å². The minimum absolute atomic E-state index is 0.243. The normalized spacial score (nSPS) is 33.6. The molecular weight excluding hydrogens is 196 g/mol. The van der Waals surface area contributed by atoms with Crippen molar-refractivity contribution in [1.29, 1.82) is 0 Å². The average Bonchev–Trinajstić information content (AvgIpc) is 2.74. The molecule has 2 atom stereocenters. The number of hydrogen-bond donors (Lipinski definition) is 0. The number of rotatable bonds is 3. The zero-order chi connectivity index (χ0) is 11.4. The second-order valence-corrected chi connectivity index (χ2v) is 5.09. The highest BCUT2D eigenvalue weighted by Gasteiger charge is 2.37. The summed E-state index contributed by atoms with van der Waals surface area (Å²) in [6.07, 6.45) is 16.8. The highest BCUT2D eigenvalue weighted by atomic mass is 16.1. The largest absolute Gasteiger partial charge is 0.295 e. The van der Waals surface area contributed by atoms with E-state index in [1.807, 2.05) is 0 Å². The highest BCUT2D eigenvalue weighted by Crippen LogP contribution is 2.47. The lowest BCUT2D eigenvalue weighted by atomic mass is 9.68. The summed E-state index contributed by atoms with van der Waals surface area (Å²) in [6, 6.07) is 0. The van der Waals surface area contributed by atoms with Crippen LogP contribution in [0, 0.1) is 11.3 Å². The molecule has 2 aliphatic carbocycles. The first-order valence-corrected chi connectivity index (χ1v) is 6.26. The number of allylic oxidation sites excluding steroid dienone is 5. The van der Waals surface area contributed by atoms with Crippen molar-refractivity contribution < 1.29 is 4.79 Å². The quantitative estimate of drug-likeness (QED) is 0.398. The zero-order valence-corrected chi connectivity index (χ0v) is 9.82. The predicted molar refractivity (Wildman–Crippen MR) is 67.1 cm³/mol. The van der Waals surface area contributed by atoms with Crippen LogP contribution in [0.1, 0.15) is 38.5 Å². The Hall–Kier alpha value is -1.11. The van der Waals surface area contributed by atoms with E-state index in [1.54, 1.807) is 18.2 Å². The molecule has 2 rings (SSSR count). The molecule has 0 saturated heterocycles. The summed E-state index contributed by atoms with van der Waals surface area (Å²) >= 11 is 0. The van der Waals surface area contributed by atoms with Crippen molar-refractivity contribution in [3.63, 3.8) is 0 Å². The van der Waals surface area contributed by atoms with Crippen LogP contribution >= 0.6 is 0 Å². The lowest BCUT2D eigenvalue weighted by Crippen LogP contribution is -2.28. The lowest BCUT2D eigenvalue weighted by Gasteiger charge is -2.36. The van der Waals surface area contributed by atoms with Crippen molar-refractivity contribution in [2.75, 3.05) is 0 Å². The molecule has 0 aromatic carbocycles. The maximum absolute atomic E-state index is 11.9. The highest BCUT2D eigenvalue weighted by molar-refractivity contribution is 5.92. The van der Waals surface area contributed by atoms with E-state index in [4.69, 9.17) is 0 Å². The third-order valence-electron chi connectivity index (χ3n) is 3.96. The summed E-state index contributed by atoms with van der Waals surface area (Å²) in [5.74, 6) is 0.534. The van der Waals surface area contributed by atoms with E-state index in [2.05, 4.69) is 18.7 Å². The van der Waals surface area contributed by atoms with Gasteiger partial charge in [-0.2, -0.15) is 0 Å². The maximum Gasteiger partial charge on any atom is 0.158 e. The molecule has 0 aromatic heterocycles. The van der Waals surface area contributed by atoms with Crippen LogP contribution < -0.4 is 0 Å². The van der Waals surface area contributed by atoms with Gasteiger partial charge in [-0.25, -0.2) is 0 Å². The zero-order valence-electron chi connectivity index (χ0n) is 9.82. The molecule has 1 nitrogen and oxygen atoms in total. The Morgan fingerprint density at radius 3 is 3.00 bits per heavy atom. The molecule has 1 fully saturated rings. The van der Waals surface area contributed by atoms with E-state index in [9.17, 15) is 4.79 Å². The molecule has 0 bridgehead atoms. The summed E-state index contributed by atoms with van der Waals surface area (Å²) in [7, 11) is 0. The summed E-state index contributed by atoms with van der Waals surface area (Å²) in [5, 5.41) is 0. The fourth-order valence-corrected chi connectivity index (χ4v) is 3.10. The van der Waals surface area contributed by atoms with Crippen molar-refractivity contribution in [2.45, 2.75) is 38.5 Å². The first-order chi connectivity index (χ1) is 7.76. The van der Waals surface area contributed by atoms with Gasteiger partial charge in [0.15, 0.2) is 5.78 Å². The van der Waals surface area contributed by atoms with Gasteiger partial charge in [-0.1, -0.05) is 37.3 Å². The molecule has 0 N–H and O–H groups in total. The Labute approximate surface area is 97.9 Å². The Balaban J connectivity index is 2.01. The molecule has 2 unspecified atom stereocenters. The number of hydrogen-bond acceptors (Lipinski definition) is 1. The first kappa shape index (κ1) is 11.4. The summed E-state index contributed by atoms with van der Waals surface area (Å²) in [5.41, 5.74) is 0.362. The third kappa shape index (κ3) is 2.34. The molecule has 0 heterocycles. The molecule has 2 aliphatic rings. The second-order valence-electron chi connectivity index (χ2n) is 5.09. The van der Waals surface area contributed by atoms with Gasteiger partial charge in [0.1, 0.15) is 0 Å². The maximum atomic E-state index is 11.9. The Morgan fingerprint density at radius 1 is 1.44 bits per heavy atom. The fraction of sp³-hybridized carbons (Fsp3) is 0.533. The summed E-state index contributed by atoms with van der Waals surface area (Å²) < 4.78 is 0. The SMILES string of the molecule is C=CC=CC(=O)C1CCCC2(C=CCC2)C1.